The Hall–Kier alpha value is -0.370. The van der Waals surface area contributed by atoms with E-state index in [0.29, 0.717) is 5.92 Å². The number of hydrogen-bond acceptors (Lipinski definition) is 2. The number of hydrogen-bond donors (Lipinski definition) is 1. The third-order valence-electron chi connectivity index (χ3n) is 0.712. The van der Waals surface area contributed by atoms with Crippen molar-refractivity contribution in [2.45, 2.75) is 13.8 Å². The zero-order valence-corrected chi connectivity index (χ0v) is 5.35. The first-order valence-electron chi connectivity index (χ1n) is 2.77. The molecule has 1 N–H and O–H groups in total. The van der Waals surface area contributed by atoms with E-state index in [0.717, 1.165) is 12.8 Å². The second-order valence-electron chi connectivity index (χ2n) is 2.10. The molecule has 2 nitrogen and oxygen atoms in total. The van der Waals surface area contributed by atoms with Gasteiger partial charge in [0.25, 0.3) is 0 Å². The van der Waals surface area contributed by atoms with E-state index in [-0.39, 0.29) is 0 Å². The average molecular weight is 114 g/mol. The summed E-state index contributed by atoms with van der Waals surface area (Å²) in [6.45, 7) is 6.47. The van der Waals surface area contributed by atoms with E-state index in [2.05, 4.69) is 19.2 Å². The van der Waals surface area contributed by atoms with Gasteiger partial charge in [-0.1, -0.05) is 13.8 Å². The van der Waals surface area contributed by atoms with Crippen molar-refractivity contribution in [3.63, 3.8) is 0 Å². The van der Waals surface area contributed by atoms with Crippen molar-refractivity contribution in [1.29, 1.82) is 0 Å². The zero-order valence-electron chi connectivity index (χ0n) is 5.35. The van der Waals surface area contributed by atoms with Crippen LogP contribution in [0.4, 0.5) is 0 Å². The topological polar surface area (TPSA) is 29.1 Å². The second kappa shape index (κ2) is 4.78. The van der Waals surface area contributed by atoms with Gasteiger partial charge >= 0.3 is 0 Å². The Morgan fingerprint density at radius 3 is 2.62 bits per heavy atom. The molecule has 0 amide bonds. The lowest BCUT2D eigenvalue weighted by atomic mass is 10.2. The van der Waals surface area contributed by atoms with Gasteiger partial charge in [0.15, 0.2) is 0 Å². The van der Waals surface area contributed by atoms with Crippen LogP contribution in [-0.4, -0.2) is 12.8 Å². The molecule has 0 unspecified atom stereocenters. The molecular formula is C6H12NO. The molecule has 0 aromatic heterocycles. The van der Waals surface area contributed by atoms with E-state index in [1.54, 1.807) is 0 Å². The molecular weight excluding hydrogens is 102 g/mol. The standard InChI is InChI=1S/C6H12NO/c1-6(2)5-7-3-4-8/h3-4,6-7H,5H2,1-2H3. The third-order valence-corrected chi connectivity index (χ3v) is 0.712. The molecule has 0 saturated heterocycles. The van der Waals surface area contributed by atoms with E-state index in [1.165, 1.54) is 6.54 Å². The molecule has 0 aromatic carbocycles. The summed E-state index contributed by atoms with van der Waals surface area (Å²) in [6, 6.07) is 0. The molecule has 0 saturated carbocycles. The summed E-state index contributed by atoms with van der Waals surface area (Å²) < 4.78 is 0. The fourth-order valence-electron chi connectivity index (χ4n) is 0.352. The van der Waals surface area contributed by atoms with Gasteiger partial charge in [-0.3, -0.25) is 0 Å². The Morgan fingerprint density at radius 2 is 2.25 bits per heavy atom. The Kier molecular flexibility index (Phi) is 4.56. The van der Waals surface area contributed by atoms with Crippen molar-refractivity contribution in [2.75, 3.05) is 6.54 Å². The molecule has 8 heavy (non-hydrogen) atoms. The van der Waals surface area contributed by atoms with Gasteiger partial charge < -0.3 is 10.1 Å². The molecule has 0 fully saturated rings. The summed E-state index contributed by atoms with van der Waals surface area (Å²) in [5.41, 5.74) is 0. The minimum atomic E-state index is 0.603. The van der Waals surface area contributed by atoms with E-state index in [9.17, 15) is 4.79 Å². The average Bonchev–Trinajstić information content (AvgIpc) is 1.66. The van der Waals surface area contributed by atoms with Crippen LogP contribution in [0.1, 0.15) is 13.8 Å². The number of nitrogens with one attached hydrogen (secondary N) is 1. The molecule has 0 spiro atoms. The molecule has 0 aliphatic heterocycles. The Morgan fingerprint density at radius 1 is 1.62 bits per heavy atom. The predicted molar refractivity (Wildman–Crippen MR) is 33.2 cm³/mol. The van der Waals surface area contributed by atoms with Gasteiger partial charge in [0.2, 0.25) is 0 Å². The maximum absolute atomic E-state index is 9.67. The predicted octanol–water partition coefficient (Wildman–Crippen LogP) is 0.593. The highest BCUT2D eigenvalue weighted by Crippen LogP contribution is 1.85. The van der Waals surface area contributed by atoms with Crippen LogP contribution in [0.3, 0.4) is 0 Å². The first-order valence-corrected chi connectivity index (χ1v) is 2.77. The van der Waals surface area contributed by atoms with E-state index in [4.69, 9.17) is 0 Å². The lowest BCUT2D eigenvalue weighted by Gasteiger charge is -2.01. The summed E-state index contributed by atoms with van der Waals surface area (Å²) >= 11 is 0. The van der Waals surface area contributed by atoms with Crippen molar-refractivity contribution >= 4 is 6.29 Å². The molecule has 0 bridgehead atoms. The van der Waals surface area contributed by atoms with Crippen LogP contribution in [0.25, 0.3) is 0 Å². The fourth-order valence-corrected chi connectivity index (χ4v) is 0.352. The molecule has 0 heterocycles. The van der Waals surface area contributed by atoms with Crippen molar-refractivity contribution in [3.8, 4) is 0 Å². The molecule has 0 rings (SSSR count). The van der Waals surface area contributed by atoms with Crippen molar-refractivity contribution in [1.82, 2.24) is 5.32 Å². The highest BCUT2D eigenvalue weighted by molar-refractivity contribution is 5.59. The molecule has 0 aliphatic carbocycles. The van der Waals surface area contributed by atoms with Crippen molar-refractivity contribution in [3.05, 3.63) is 6.54 Å². The first-order chi connectivity index (χ1) is 3.77. The summed E-state index contributed by atoms with van der Waals surface area (Å²) in [7, 11) is 0. The maximum atomic E-state index is 9.67. The van der Waals surface area contributed by atoms with Crippen LogP contribution in [0.2, 0.25) is 0 Å². The maximum Gasteiger partial charge on any atom is 0.138 e. The lowest BCUT2D eigenvalue weighted by molar-refractivity contribution is -0.105. The van der Waals surface area contributed by atoms with Crippen LogP contribution >= 0.6 is 0 Å². The van der Waals surface area contributed by atoms with E-state index >= 15 is 0 Å². The fraction of sp³-hybridized carbons (Fsp3) is 0.667. The third kappa shape index (κ3) is 5.63. The quantitative estimate of drug-likeness (QED) is 0.428. The Balaban J connectivity index is 2.81. The normalized spacial score (nSPS) is 9.88. The largest absolute Gasteiger partial charge is 0.306 e. The Labute approximate surface area is 50.3 Å². The summed E-state index contributed by atoms with van der Waals surface area (Å²) in [4.78, 5) is 9.67. The van der Waals surface area contributed by atoms with Gasteiger partial charge in [-0.2, -0.15) is 0 Å². The first kappa shape index (κ1) is 7.63. The second-order valence-corrected chi connectivity index (χ2v) is 2.10. The molecule has 47 valence electrons. The zero-order chi connectivity index (χ0) is 6.41. The van der Waals surface area contributed by atoms with Crippen molar-refractivity contribution in [2.24, 2.45) is 5.92 Å². The summed E-state index contributed by atoms with van der Waals surface area (Å²) in [5.74, 6) is 0.603. The highest BCUT2D eigenvalue weighted by Gasteiger charge is 1.89. The summed E-state index contributed by atoms with van der Waals surface area (Å²) in [6.07, 6.45) is 0.752. The number of rotatable bonds is 4. The van der Waals surface area contributed by atoms with Gasteiger partial charge in [0.1, 0.15) is 6.29 Å². The molecule has 1 radical (unpaired) electrons. The van der Waals surface area contributed by atoms with Crippen molar-refractivity contribution < 1.29 is 4.79 Å². The van der Waals surface area contributed by atoms with Crippen LogP contribution in [-0.2, 0) is 4.79 Å². The minimum absolute atomic E-state index is 0.603. The van der Waals surface area contributed by atoms with E-state index in [1.807, 2.05) is 0 Å². The highest BCUT2D eigenvalue weighted by atomic mass is 16.1. The molecule has 0 aromatic rings. The van der Waals surface area contributed by atoms with Gasteiger partial charge in [0.05, 0.1) is 6.54 Å². The van der Waals surface area contributed by atoms with Crippen LogP contribution in [0.5, 0.6) is 0 Å². The van der Waals surface area contributed by atoms with Gasteiger partial charge in [0, 0.05) is 0 Å². The number of carbonyl (C=O) groups is 1. The number of aldehydes is 1. The van der Waals surface area contributed by atoms with Gasteiger partial charge in [-0.05, 0) is 12.5 Å². The molecule has 2 heteroatoms. The number of carbonyl (C=O) groups excluding carboxylic acids is 1. The Bertz CT molecular complexity index is 61.5. The van der Waals surface area contributed by atoms with Gasteiger partial charge in [-0.25, -0.2) is 0 Å². The van der Waals surface area contributed by atoms with Gasteiger partial charge in [-0.15, -0.1) is 0 Å². The van der Waals surface area contributed by atoms with Crippen LogP contribution < -0.4 is 5.32 Å². The SMILES string of the molecule is CC(C)CN[CH]C=O. The molecule has 0 aliphatic rings. The van der Waals surface area contributed by atoms with E-state index < -0.39 is 0 Å². The van der Waals surface area contributed by atoms with Crippen LogP contribution in [0.15, 0.2) is 0 Å². The monoisotopic (exact) mass is 114 g/mol. The lowest BCUT2D eigenvalue weighted by Crippen LogP contribution is -2.16. The summed E-state index contributed by atoms with van der Waals surface area (Å²) in [5, 5.41) is 2.84. The minimum Gasteiger partial charge on any atom is -0.306 e. The molecule has 0 atom stereocenters. The van der Waals surface area contributed by atoms with Crippen LogP contribution in [0, 0.1) is 12.5 Å². The smallest absolute Gasteiger partial charge is 0.138 e.